The van der Waals surface area contributed by atoms with E-state index in [1.807, 2.05) is 13.8 Å². The molecule has 0 bridgehead atoms. The molecule has 82 valence electrons. The fourth-order valence-electron chi connectivity index (χ4n) is 1.30. The molecule has 1 aromatic carbocycles. The van der Waals surface area contributed by atoms with Crippen molar-refractivity contribution in [1.82, 2.24) is 0 Å². The molecule has 1 aromatic rings. The molecule has 0 heterocycles. The van der Waals surface area contributed by atoms with E-state index in [1.165, 1.54) is 13.2 Å². The molecule has 1 rings (SSSR count). The molecule has 0 spiro atoms. The number of hydrogen-bond acceptors (Lipinski definition) is 2. The van der Waals surface area contributed by atoms with Crippen LogP contribution in [0.5, 0.6) is 0 Å². The van der Waals surface area contributed by atoms with Gasteiger partial charge in [0, 0.05) is 0 Å². The molecule has 0 amide bonds. The van der Waals surface area contributed by atoms with Gasteiger partial charge in [-0.3, -0.25) is 0 Å². The summed E-state index contributed by atoms with van der Waals surface area (Å²) in [6.45, 7) is 3.68. The van der Waals surface area contributed by atoms with Crippen molar-refractivity contribution in [3.8, 4) is 0 Å². The second-order valence-electron chi connectivity index (χ2n) is 3.47. The van der Waals surface area contributed by atoms with Crippen molar-refractivity contribution in [1.29, 1.82) is 0 Å². The first-order chi connectivity index (χ1) is 6.99. The van der Waals surface area contributed by atoms with Crippen LogP contribution in [0.15, 0.2) is 12.1 Å². The third-order valence-electron chi connectivity index (χ3n) is 2.13. The largest absolute Gasteiger partial charge is 0.465 e. The lowest BCUT2D eigenvalue weighted by Crippen LogP contribution is -2.08. The van der Waals surface area contributed by atoms with Gasteiger partial charge in [0.05, 0.1) is 12.1 Å². The maximum Gasteiger partial charge on any atom is 0.342 e. The maximum absolute atomic E-state index is 13.8. The van der Waals surface area contributed by atoms with Gasteiger partial charge in [-0.25, -0.2) is 9.18 Å². The monoisotopic (exact) mass is 230 g/mol. The lowest BCUT2D eigenvalue weighted by atomic mass is 10.00. The minimum atomic E-state index is -0.750. The van der Waals surface area contributed by atoms with E-state index in [0.29, 0.717) is 5.56 Å². The highest BCUT2D eigenvalue weighted by atomic mass is 35.5. The quantitative estimate of drug-likeness (QED) is 0.728. The molecule has 0 radical (unpaired) electrons. The molecule has 4 heteroatoms. The molecule has 0 N–H and O–H groups in total. The molecule has 0 atom stereocenters. The van der Waals surface area contributed by atoms with Crippen LogP contribution in [-0.4, -0.2) is 13.1 Å². The Hall–Kier alpha value is -1.09. The van der Waals surface area contributed by atoms with Crippen LogP contribution in [0.25, 0.3) is 0 Å². The van der Waals surface area contributed by atoms with Gasteiger partial charge in [0.1, 0.15) is 11.4 Å². The summed E-state index contributed by atoms with van der Waals surface area (Å²) in [5.41, 5.74) is 0.269. The lowest BCUT2D eigenvalue weighted by Gasteiger charge is -2.11. The highest BCUT2D eigenvalue weighted by Crippen LogP contribution is 2.27. The van der Waals surface area contributed by atoms with E-state index in [2.05, 4.69) is 4.74 Å². The van der Waals surface area contributed by atoms with Crippen LogP contribution in [0.3, 0.4) is 0 Å². The Bertz CT molecular complexity index is 388. The first-order valence-corrected chi connectivity index (χ1v) is 4.93. The highest BCUT2D eigenvalue weighted by molar-refractivity contribution is 6.33. The summed E-state index contributed by atoms with van der Waals surface area (Å²) in [5, 5.41) is 0.0729. The summed E-state index contributed by atoms with van der Waals surface area (Å²) in [6, 6.07) is 3.08. The van der Waals surface area contributed by atoms with Crippen LogP contribution in [-0.2, 0) is 4.74 Å². The van der Waals surface area contributed by atoms with Crippen LogP contribution in [0.1, 0.15) is 35.7 Å². The first-order valence-electron chi connectivity index (χ1n) is 4.55. The van der Waals surface area contributed by atoms with Gasteiger partial charge in [0.25, 0.3) is 0 Å². The molecule has 0 saturated heterocycles. The molecule has 0 aliphatic carbocycles. The average molecular weight is 231 g/mol. The van der Waals surface area contributed by atoms with E-state index in [4.69, 9.17) is 11.6 Å². The molecule has 0 aromatic heterocycles. The Balaban J connectivity index is 3.36. The van der Waals surface area contributed by atoms with Crippen LogP contribution in [0, 0.1) is 5.82 Å². The van der Waals surface area contributed by atoms with Gasteiger partial charge in [-0.15, -0.1) is 0 Å². The van der Waals surface area contributed by atoms with Crippen LogP contribution in [0.2, 0.25) is 5.02 Å². The number of hydrogen-bond donors (Lipinski definition) is 0. The number of benzene rings is 1. The molecule has 0 unspecified atom stereocenters. The number of halogens is 2. The van der Waals surface area contributed by atoms with Gasteiger partial charge >= 0.3 is 5.97 Å². The molecule has 0 fully saturated rings. The topological polar surface area (TPSA) is 26.3 Å². The summed E-state index contributed by atoms with van der Waals surface area (Å²) in [5.74, 6) is -1.35. The van der Waals surface area contributed by atoms with Crippen LogP contribution < -0.4 is 0 Å². The van der Waals surface area contributed by atoms with Crippen molar-refractivity contribution < 1.29 is 13.9 Å². The maximum atomic E-state index is 13.8. The van der Waals surface area contributed by atoms with Crippen LogP contribution in [0.4, 0.5) is 4.39 Å². The zero-order valence-electron chi connectivity index (χ0n) is 8.80. The molecule has 2 nitrogen and oxygen atoms in total. The number of esters is 1. The van der Waals surface area contributed by atoms with E-state index in [9.17, 15) is 9.18 Å². The average Bonchev–Trinajstić information content (AvgIpc) is 2.16. The molecule has 0 saturated carbocycles. The first kappa shape index (κ1) is 12.0. The van der Waals surface area contributed by atoms with Gasteiger partial charge in [-0.05, 0) is 17.5 Å². The number of methoxy groups -OCH3 is 1. The normalized spacial score (nSPS) is 10.5. The number of ether oxygens (including phenoxy) is 1. The minimum absolute atomic E-state index is 0.00864. The van der Waals surface area contributed by atoms with Crippen molar-refractivity contribution in [2.24, 2.45) is 0 Å². The van der Waals surface area contributed by atoms with E-state index in [1.54, 1.807) is 6.07 Å². The van der Waals surface area contributed by atoms with Gasteiger partial charge in [-0.2, -0.15) is 0 Å². The lowest BCUT2D eigenvalue weighted by molar-refractivity contribution is 0.0595. The van der Waals surface area contributed by atoms with Crippen molar-refractivity contribution >= 4 is 17.6 Å². The zero-order valence-corrected chi connectivity index (χ0v) is 9.56. The summed E-state index contributed by atoms with van der Waals surface area (Å²) >= 11 is 5.74. The Labute approximate surface area is 93.0 Å². The number of carbonyl (C=O) groups excluding carboxylic acids is 1. The molecular formula is C11H12ClFO2. The molecule has 0 aliphatic heterocycles. The van der Waals surface area contributed by atoms with Gasteiger partial charge in [-0.1, -0.05) is 31.5 Å². The van der Waals surface area contributed by atoms with Crippen LogP contribution >= 0.6 is 11.6 Å². The molecular weight excluding hydrogens is 219 g/mol. The van der Waals surface area contributed by atoms with Crippen molar-refractivity contribution in [3.63, 3.8) is 0 Å². The SMILES string of the molecule is COC(=O)c1c(Cl)ccc(C(C)C)c1F. The third-order valence-corrected chi connectivity index (χ3v) is 2.45. The predicted octanol–water partition coefficient (Wildman–Crippen LogP) is 3.39. The van der Waals surface area contributed by atoms with Crippen molar-refractivity contribution in [2.45, 2.75) is 19.8 Å². The predicted molar refractivity (Wildman–Crippen MR) is 56.8 cm³/mol. The Morgan fingerprint density at radius 3 is 2.53 bits per heavy atom. The standard InChI is InChI=1S/C11H12ClFO2/c1-6(2)7-4-5-8(12)9(10(7)13)11(14)15-3/h4-6H,1-3H3. The third kappa shape index (κ3) is 2.29. The summed E-state index contributed by atoms with van der Waals surface area (Å²) in [4.78, 5) is 11.3. The van der Waals surface area contributed by atoms with E-state index < -0.39 is 11.8 Å². The Morgan fingerprint density at radius 2 is 2.07 bits per heavy atom. The zero-order chi connectivity index (χ0) is 11.6. The second kappa shape index (κ2) is 4.62. The Morgan fingerprint density at radius 1 is 1.47 bits per heavy atom. The van der Waals surface area contributed by atoms with E-state index in [0.717, 1.165) is 0 Å². The Kier molecular flexibility index (Phi) is 3.69. The van der Waals surface area contributed by atoms with Gasteiger partial charge in [0.15, 0.2) is 0 Å². The number of carbonyl (C=O) groups is 1. The molecule has 0 aliphatic rings. The smallest absolute Gasteiger partial charge is 0.342 e. The van der Waals surface area contributed by atoms with Gasteiger partial charge in [0.2, 0.25) is 0 Å². The van der Waals surface area contributed by atoms with Crippen molar-refractivity contribution in [3.05, 3.63) is 34.1 Å². The summed E-state index contributed by atoms with van der Waals surface area (Å²) in [6.07, 6.45) is 0. The molecule has 15 heavy (non-hydrogen) atoms. The summed E-state index contributed by atoms with van der Waals surface area (Å²) < 4.78 is 18.3. The highest BCUT2D eigenvalue weighted by Gasteiger charge is 2.20. The number of rotatable bonds is 2. The van der Waals surface area contributed by atoms with Gasteiger partial charge < -0.3 is 4.74 Å². The fraction of sp³-hybridized carbons (Fsp3) is 0.364. The second-order valence-corrected chi connectivity index (χ2v) is 3.88. The van der Waals surface area contributed by atoms with Crippen molar-refractivity contribution in [2.75, 3.05) is 7.11 Å². The summed E-state index contributed by atoms with van der Waals surface area (Å²) in [7, 11) is 1.19. The minimum Gasteiger partial charge on any atom is -0.465 e. The van der Waals surface area contributed by atoms with E-state index >= 15 is 0 Å². The van der Waals surface area contributed by atoms with E-state index in [-0.39, 0.29) is 16.5 Å². The fourth-order valence-corrected chi connectivity index (χ4v) is 1.53.